The molecule has 1 N–H and O–H groups in total. The maximum Gasteiger partial charge on any atom is 0.293 e. The van der Waals surface area contributed by atoms with E-state index in [4.69, 9.17) is 16.3 Å². The first-order valence-electron chi connectivity index (χ1n) is 9.91. The Morgan fingerprint density at radius 2 is 1.78 bits per heavy atom. The number of thioether (sulfide) groups is 1. The molecule has 0 aromatic heterocycles. The fourth-order valence-electron chi connectivity index (χ4n) is 2.85. The maximum atomic E-state index is 12.5. The first-order valence-corrected chi connectivity index (χ1v) is 11.1. The van der Waals surface area contributed by atoms with Crippen LogP contribution in [-0.2, 0) is 9.59 Å². The Morgan fingerprint density at radius 1 is 1.09 bits per heavy atom. The third-order valence-corrected chi connectivity index (χ3v) is 5.73. The molecule has 3 rings (SSSR count). The summed E-state index contributed by atoms with van der Waals surface area (Å²) in [6.45, 7) is 1.73. The van der Waals surface area contributed by atoms with Crippen LogP contribution in [0.5, 0.6) is 5.75 Å². The van der Waals surface area contributed by atoms with Gasteiger partial charge in [-0.15, -0.1) is 0 Å². The van der Waals surface area contributed by atoms with E-state index in [2.05, 4.69) is 5.32 Å². The summed E-state index contributed by atoms with van der Waals surface area (Å²) in [7, 11) is 0. The van der Waals surface area contributed by atoms with E-state index in [1.54, 1.807) is 61.5 Å². The van der Waals surface area contributed by atoms with Gasteiger partial charge in [-0.1, -0.05) is 30.7 Å². The largest absolute Gasteiger partial charge is 0.484 e. The number of ketones is 1. The molecule has 1 aliphatic rings. The van der Waals surface area contributed by atoms with Crippen LogP contribution in [0.3, 0.4) is 0 Å². The van der Waals surface area contributed by atoms with Crippen molar-refractivity contribution in [2.24, 2.45) is 0 Å². The van der Waals surface area contributed by atoms with Gasteiger partial charge in [0.2, 0.25) is 0 Å². The fourth-order valence-corrected chi connectivity index (χ4v) is 3.84. The molecule has 1 heterocycles. The molecule has 2 aromatic rings. The highest BCUT2D eigenvalue weighted by Crippen LogP contribution is 2.32. The van der Waals surface area contributed by atoms with Crippen LogP contribution >= 0.6 is 23.4 Å². The summed E-state index contributed by atoms with van der Waals surface area (Å²) in [6, 6.07) is 13.5. The van der Waals surface area contributed by atoms with Crippen LogP contribution in [0.1, 0.15) is 29.3 Å². The highest BCUT2D eigenvalue weighted by molar-refractivity contribution is 8.18. The molecule has 0 bridgehead atoms. The van der Waals surface area contributed by atoms with Crippen molar-refractivity contribution >= 4 is 52.3 Å². The highest BCUT2D eigenvalue weighted by atomic mass is 35.5. The second kappa shape index (κ2) is 11.0. The quantitative estimate of drug-likeness (QED) is 0.435. The first-order chi connectivity index (χ1) is 15.4. The summed E-state index contributed by atoms with van der Waals surface area (Å²) in [5, 5.41) is 2.82. The van der Waals surface area contributed by atoms with Gasteiger partial charge < -0.3 is 10.1 Å². The number of carbonyl (C=O) groups excluding carboxylic acids is 4. The van der Waals surface area contributed by atoms with Crippen molar-refractivity contribution in [3.63, 3.8) is 0 Å². The molecule has 1 aliphatic heterocycles. The van der Waals surface area contributed by atoms with E-state index in [1.165, 1.54) is 0 Å². The topological polar surface area (TPSA) is 92.8 Å². The number of nitrogens with one attached hydrogen (secondary N) is 1. The second-order valence-electron chi connectivity index (χ2n) is 6.82. The number of amides is 3. The standard InChI is InChI=1S/C23H21ClN2O5S/c1-2-19(27)16-5-9-18(10-6-16)31-14-21(28)25-11-12-26-22(29)20(32-23(26)30)13-15-3-7-17(24)8-4-15/h3-10,13H,2,11-12,14H2,1H3,(H,25,28)/b20-13-. The normalized spacial score (nSPS) is 14.7. The van der Waals surface area contributed by atoms with Gasteiger partial charge in [0, 0.05) is 30.1 Å². The van der Waals surface area contributed by atoms with Crippen molar-refractivity contribution < 1.29 is 23.9 Å². The minimum Gasteiger partial charge on any atom is -0.484 e. The molecule has 9 heteroatoms. The Hall–Kier alpha value is -3.10. The average molecular weight is 473 g/mol. The van der Waals surface area contributed by atoms with E-state index in [0.29, 0.717) is 27.7 Å². The summed E-state index contributed by atoms with van der Waals surface area (Å²) < 4.78 is 5.40. The molecule has 32 heavy (non-hydrogen) atoms. The SMILES string of the molecule is CCC(=O)c1ccc(OCC(=O)NCCN2C(=O)S/C(=C\c3ccc(Cl)cc3)C2=O)cc1. The third-order valence-electron chi connectivity index (χ3n) is 4.57. The van der Waals surface area contributed by atoms with Crippen LogP contribution in [0.4, 0.5) is 4.79 Å². The van der Waals surface area contributed by atoms with Crippen molar-refractivity contribution in [2.45, 2.75) is 13.3 Å². The molecular weight excluding hydrogens is 452 g/mol. The van der Waals surface area contributed by atoms with Crippen molar-refractivity contribution in [3.05, 3.63) is 69.6 Å². The first kappa shape index (κ1) is 23.6. The number of ether oxygens (including phenoxy) is 1. The number of Topliss-reactive ketones (excluding diaryl/α,β-unsaturated/α-hetero) is 1. The van der Waals surface area contributed by atoms with Crippen molar-refractivity contribution in [2.75, 3.05) is 19.7 Å². The Balaban J connectivity index is 1.44. The molecule has 0 saturated carbocycles. The zero-order chi connectivity index (χ0) is 23.1. The van der Waals surface area contributed by atoms with Crippen molar-refractivity contribution in [3.8, 4) is 5.75 Å². The van der Waals surface area contributed by atoms with Crippen LogP contribution in [-0.4, -0.2) is 47.4 Å². The van der Waals surface area contributed by atoms with E-state index in [1.807, 2.05) is 0 Å². The summed E-state index contributed by atoms with van der Waals surface area (Å²) in [5.74, 6) is -0.291. The number of benzene rings is 2. The van der Waals surface area contributed by atoms with Gasteiger partial charge in [0.25, 0.3) is 17.1 Å². The lowest BCUT2D eigenvalue weighted by Gasteiger charge is -2.13. The highest BCUT2D eigenvalue weighted by Gasteiger charge is 2.34. The monoisotopic (exact) mass is 472 g/mol. The van der Waals surface area contributed by atoms with Gasteiger partial charge in [0.15, 0.2) is 12.4 Å². The number of carbonyl (C=O) groups is 4. The number of halogens is 1. The lowest BCUT2D eigenvalue weighted by Crippen LogP contribution is -2.38. The predicted octanol–water partition coefficient (Wildman–Crippen LogP) is 4.16. The van der Waals surface area contributed by atoms with Gasteiger partial charge in [0.05, 0.1) is 4.91 Å². The molecule has 0 atom stereocenters. The van der Waals surface area contributed by atoms with Gasteiger partial charge >= 0.3 is 0 Å². The van der Waals surface area contributed by atoms with E-state index in [9.17, 15) is 19.2 Å². The molecular formula is C23H21ClN2O5S. The number of imide groups is 1. The lowest BCUT2D eigenvalue weighted by molar-refractivity contribution is -0.125. The van der Waals surface area contributed by atoms with Gasteiger partial charge in [0.1, 0.15) is 5.75 Å². The van der Waals surface area contributed by atoms with Crippen LogP contribution in [0, 0.1) is 0 Å². The molecule has 1 saturated heterocycles. The van der Waals surface area contributed by atoms with Gasteiger partial charge in [-0.25, -0.2) is 0 Å². The number of rotatable bonds is 9. The van der Waals surface area contributed by atoms with Crippen molar-refractivity contribution in [1.29, 1.82) is 0 Å². The summed E-state index contributed by atoms with van der Waals surface area (Å²) >= 11 is 6.71. The van der Waals surface area contributed by atoms with Crippen LogP contribution in [0.2, 0.25) is 5.02 Å². The third kappa shape index (κ3) is 6.21. The minimum atomic E-state index is -0.401. The Kier molecular flexibility index (Phi) is 8.08. The molecule has 0 unspecified atom stereocenters. The maximum absolute atomic E-state index is 12.5. The van der Waals surface area contributed by atoms with Gasteiger partial charge in [-0.3, -0.25) is 24.1 Å². The summed E-state index contributed by atoms with van der Waals surface area (Å²) in [5.41, 5.74) is 1.35. The molecule has 7 nitrogen and oxygen atoms in total. The summed E-state index contributed by atoms with van der Waals surface area (Å²) in [6.07, 6.45) is 2.05. The van der Waals surface area contributed by atoms with Crippen molar-refractivity contribution in [1.82, 2.24) is 10.2 Å². The number of hydrogen-bond donors (Lipinski definition) is 1. The Labute approximate surface area is 194 Å². The van der Waals surface area contributed by atoms with Gasteiger partial charge in [-0.05, 0) is 59.8 Å². The molecule has 2 aromatic carbocycles. The zero-order valence-corrected chi connectivity index (χ0v) is 18.9. The zero-order valence-electron chi connectivity index (χ0n) is 17.3. The predicted molar refractivity (Wildman–Crippen MR) is 124 cm³/mol. The molecule has 3 amide bonds. The molecule has 166 valence electrons. The lowest BCUT2D eigenvalue weighted by atomic mass is 10.1. The molecule has 0 aliphatic carbocycles. The van der Waals surface area contributed by atoms with Crippen LogP contribution in [0.15, 0.2) is 53.4 Å². The van der Waals surface area contributed by atoms with E-state index < -0.39 is 5.91 Å². The minimum absolute atomic E-state index is 0.0321. The van der Waals surface area contributed by atoms with E-state index >= 15 is 0 Å². The van der Waals surface area contributed by atoms with Crippen LogP contribution < -0.4 is 10.1 Å². The Morgan fingerprint density at radius 3 is 2.44 bits per heavy atom. The van der Waals surface area contributed by atoms with E-state index in [0.717, 1.165) is 22.2 Å². The summed E-state index contributed by atoms with van der Waals surface area (Å²) in [4.78, 5) is 49.7. The van der Waals surface area contributed by atoms with Gasteiger partial charge in [-0.2, -0.15) is 0 Å². The Bertz CT molecular complexity index is 1050. The van der Waals surface area contributed by atoms with Crippen LogP contribution in [0.25, 0.3) is 6.08 Å². The molecule has 1 fully saturated rings. The number of hydrogen-bond acceptors (Lipinski definition) is 6. The number of nitrogens with zero attached hydrogens (tertiary/aromatic N) is 1. The van der Waals surface area contributed by atoms with E-state index in [-0.39, 0.29) is 36.6 Å². The fraction of sp³-hybridized carbons (Fsp3) is 0.217. The second-order valence-corrected chi connectivity index (χ2v) is 8.25. The smallest absolute Gasteiger partial charge is 0.293 e. The average Bonchev–Trinajstić information content (AvgIpc) is 3.06. The molecule has 0 spiro atoms. The molecule has 0 radical (unpaired) electrons.